The Bertz CT molecular complexity index is 791. The Hall–Kier alpha value is -2.76. The van der Waals surface area contributed by atoms with Gasteiger partial charge in [0.05, 0.1) is 6.42 Å². The smallest absolute Gasteiger partial charge is 0.242 e. The molecular weight excluding hydrogens is 362 g/mol. The van der Waals surface area contributed by atoms with Crippen molar-refractivity contribution in [1.29, 1.82) is 0 Å². The summed E-state index contributed by atoms with van der Waals surface area (Å²) >= 11 is 0. The molecule has 2 atom stereocenters. The minimum Gasteiger partial charge on any atom is -0.352 e. The first-order valence-corrected chi connectivity index (χ1v) is 9.39. The summed E-state index contributed by atoms with van der Waals surface area (Å²) in [5, 5.41) is 2.89. The molecule has 0 unspecified atom stereocenters. The van der Waals surface area contributed by atoms with Crippen molar-refractivity contribution < 1.29 is 18.4 Å². The Balaban J connectivity index is 2.20. The van der Waals surface area contributed by atoms with Gasteiger partial charge in [-0.3, -0.25) is 9.59 Å². The molecule has 0 aliphatic rings. The molecule has 0 heterocycles. The Morgan fingerprint density at radius 2 is 1.43 bits per heavy atom. The number of rotatable bonds is 8. The van der Waals surface area contributed by atoms with Crippen molar-refractivity contribution in [2.75, 3.05) is 0 Å². The maximum absolute atomic E-state index is 13.2. The van der Waals surface area contributed by atoms with Gasteiger partial charge in [0.2, 0.25) is 11.8 Å². The minimum absolute atomic E-state index is 0.00479. The summed E-state index contributed by atoms with van der Waals surface area (Å²) in [6.07, 6.45) is 0.822. The molecule has 0 aliphatic carbocycles. The van der Waals surface area contributed by atoms with Gasteiger partial charge in [0, 0.05) is 12.6 Å². The molecule has 0 saturated carbocycles. The average Bonchev–Trinajstić information content (AvgIpc) is 2.68. The first-order valence-electron chi connectivity index (χ1n) is 9.39. The number of carbonyl (C=O) groups excluding carboxylic acids is 2. The van der Waals surface area contributed by atoms with Gasteiger partial charge in [0.15, 0.2) is 0 Å². The van der Waals surface area contributed by atoms with Crippen LogP contribution in [0.1, 0.15) is 38.3 Å². The Morgan fingerprint density at radius 3 is 1.93 bits per heavy atom. The standard InChI is InChI=1S/C22H26F2N2O2/c1-4-15(2)25-22(28)16(3)26(14-18-7-11-20(24)12-8-18)21(27)13-17-5-9-19(23)10-6-17/h5-12,15-16H,4,13-14H2,1-3H3,(H,25,28)/t15-,16+/m0/s1. The number of hydrogen-bond donors (Lipinski definition) is 1. The van der Waals surface area contributed by atoms with Gasteiger partial charge in [-0.25, -0.2) is 8.78 Å². The number of nitrogens with zero attached hydrogens (tertiary/aromatic N) is 1. The number of halogens is 2. The topological polar surface area (TPSA) is 49.4 Å². The van der Waals surface area contributed by atoms with Gasteiger partial charge in [-0.15, -0.1) is 0 Å². The summed E-state index contributed by atoms with van der Waals surface area (Å²) in [4.78, 5) is 27.0. The molecule has 6 heteroatoms. The second-order valence-electron chi connectivity index (χ2n) is 6.95. The summed E-state index contributed by atoms with van der Waals surface area (Å²) < 4.78 is 26.3. The monoisotopic (exact) mass is 388 g/mol. The first-order chi connectivity index (χ1) is 13.3. The van der Waals surface area contributed by atoms with Crippen molar-refractivity contribution in [3.63, 3.8) is 0 Å². The quantitative estimate of drug-likeness (QED) is 0.747. The van der Waals surface area contributed by atoms with Crippen molar-refractivity contribution in [3.05, 3.63) is 71.3 Å². The van der Waals surface area contributed by atoms with E-state index in [0.717, 1.165) is 12.0 Å². The van der Waals surface area contributed by atoms with Crippen LogP contribution in [0.2, 0.25) is 0 Å². The van der Waals surface area contributed by atoms with E-state index < -0.39 is 6.04 Å². The van der Waals surface area contributed by atoms with Crippen molar-refractivity contribution in [2.45, 2.75) is 52.2 Å². The molecule has 0 saturated heterocycles. The summed E-state index contributed by atoms with van der Waals surface area (Å²) in [5.41, 5.74) is 1.38. The third kappa shape index (κ3) is 6.15. The van der Waals surface area contributed by atoms with E-state index in [1.807, 2.05) is 13.8 Å². The summed E-state index contributed by atoms with van der Waals surface area (Å²) in [5.74, 6) is -1.25. The molecule has 0 bridgehead atoms. The molecule has 1 N–H and O–H groups in total. The maximum atomic E-state index is 13.2. The van der Waals surface area contributed by atoms with Crippen molar-refractivity contribution >= 4 is 11.8 Å². The third-order valence-corrected chi connectivity index (χ3v) is 4.70. The van der Waals surface area contributed by atoms with Crippen LogP contribution in [0.3, 0.4) is 0 Å². The average molecular weight is 388 g/mol. The highest BCUT2D eigenvalue weighted by molar-refractivity contribution is 5.88. The van der Waals surface area contributed by atoms with Gasteiger partial charge in [0.25, 0.3) is 0 Å². The highest BCUT2D eigenvalue weighted by atomic mass is 19.1. The van der Waals surface area contributed by atoms with E-state index in [4.69, 9.17) is 0 Å². The van der Waals surface area contributed by atoms with Crippen LogP contribution in [0.5, 0.6) is 0 Å². The summed E-state index contributed by atoms with van der Waals surface area (Å²) in [7, 11) is 0. The summed E-state index contributed by atoms with van der Waals surface area (Å²) in [6.45, 7) is 5.71. The number of amides is 2. The SMILES string of the molecule is CC[C@H](C)NC(=O)[C@@H](C)N(Cc1ccc(F)cc1)C(=O)Cc1ccc(F)cc1. The van der Waals surface area contributed by atoms with E-state index in [1.54, 1.807) is 31.2 Å². The maximum Gasteiger partial charge on any atom is 0.242 e. The Morgan fingerprint density at radius 1 is 0.929 bits per heavy atom. The highest BCUT2D eigenvalue weighted by Crippen LogP contribution is 2.14. The van der Waals surface area contributed by atoms with Crippen molar-refractivity contribution in [3.8, 4) is 0 Å². The van der Waals surface area contributed by atoms with Crippen LogP contribution >= 0.6 is 0 Å². The van der Waals surface area contributed by atoms with Crippen LogP contribution in [-0.2, 0) is 22.6 Å². The zero-order valence-corrected chi connectivity index (χ0v) is 16.4. The molecule has 0 radical (unpaired) electrons. The van der Waals surface area contributed by atoms with E-state index in [1.165, 1.54) is 29.2 Å². The van der Waals surface area contributed by atoms with Crippen LogP contribution < -0.4 is 5.32 Å². The Kier molecular flexibility index (Phi) is 7.67. The van der Waals surface area contributed by atoms with E-state index in [2.05, 4.69) is 5.32 Å². The fraction of sp³-hybridized carbons (Fsp3) is 0.364. The highest BCUT2D eigenvalue weighted by Gasteiger charge is 2.26. The molecule has 0 aliphatic heterocycles. The lowest BCUT2D eigenvalue weighted by Gasteiger charge is -2.29. The Labute approximate surface area is 164 Å². The fourth-order valence-electron chi connectivity index (χ4n) is 2.71. The van der Waals surface area contributed by atoms with Crippen LogP contribution in [0.4, 0.5) is 8.78 Å². The van der Waals surface area contributed by atoms with Gasteiger partial charge in [-0.1, -0.05) is 31.2 Å². The molecule has 2 rings (SSSR count). The number of hydrogen-bond acceptors (Lipinski definition) is 2. The lowest BCUT2D eigenvalue weighted by molar-refractivity contribution is -0.140. The molecule has 0 fully saturated rings. The largest absolute Gasteiger partial charge is 0.352 e. The molecule has 0 aromatic heterocycles. The summed E-state index contributed by atoms with van der Waals surface area (Å²) in [6, 6.07) is 10.8. The molecule has 0 spiro atoms. The van der Waals surface area contributed by atoms with Gasteiger partial charge in [0.1, 0.15) is 17.7 Å². The van der Waals surface area contributed by atoms with Gasteiger partial charge in [-0.05, 0) is 55.7 Å². The zero-order chi connectivity index (χ0) is 20.7. The zero-order valence-electron chi connectivity index (χ0n) is 16.4. The second kappa shape index (κ2) is 9.97. The first kappa shape index (κ1) is 21.5. The lowest BCUT2D eigenvalue weighted by Crippen LogP contribution is -2.49. The fourth-order valence-corrected chi connectivity index (χ4v) is 2.71. The molecular formula is C22H26F2N2O2. The second-order valence-corrected chi connectivity index (χ2v) is 6.95. The van der Waals surface area contributed by atoms with E-state index in [0.29, 0.717) is 5.56 Å². The third-order valence-electron chi connectivity index (χ3n) is 4.70. The molecule has 4 nitrogen and oxygen atoms in total. The normalized spacial score (nSPS) is 12.9. The minimum atomic E-state index is -0.702. The van der Waals surface area contributed by atoms with E-state index >= 15 is 0 Å². The van der Waals surface area contributed by atoms with Crippen LogP contribution in [0, 0.1) is 11.6 Å². The van der Waals surface area contributed by atoms with E-state index in [-0.39, 0.29) is 42.5 Å². The van der Waals surface area contributed by atoms with Gasteiger partial charge >= 0.3 is 0 Å². The number of benzene rings is 2. The van der Waals surface area contributed by atoms with Crippen LogP contribution in [-0.4, -0.2) is 28.8 Å². The lowest BCUT2D eigenvalue weighted by atomic mass is 10.1. The van der Waals surface area contributed by atoms with E-state index in [9.17, 15) is 18.4 Å². The van der Waals surface area contributed by atoms with Crippen molar-refractivity contribution in [1.82, 2.24) is 10.2 Å². The predicted octanol–water partition coefficient (Wildman–Crippen LogP) is 3.84. The number of carbonyl (C=O) groups is 2. The molecule has 28 heavy (non-hydrogen) atoms. The van der Waals surface area contributed by atoms with Crippen LogP contribution in [0.25, 0.3) is 0 Å². The van der Waals surface area contributed by atoms with Crippen LogP contribution in [0.15, 0.2) is 48.5 Å². The molecule has 150 valence electrons. The van der Waals surface area contributed by atoms with Gasteiger partial charge in [-0.2, -0.15) is 0 Å². The van der Waals surface area contributed by atoms with Gasteiger partial charge < -0.3 is 10.2 Å². The number of nitrogens with one attached hydrogen (secondary N) is 1. The predicted molar refractivity (Wildman–Crippen MR) is 104 cm³/mol. The molecule has 2 amide bonds. The molecule has 2 aromatic carbocycles. The van der Waals surface area contributed by atoms with Crippen molar-refractivity contribution in [2.24, 2.45) is 0 Å². The molecule has 2 aromatic rings.